The Balaban J connectivity index is 2.53. The van der Waals surface area contributed by atoms with Crippen molar-refractivity contribution in [2.75, 3.05) is 0 Å². The van der Waals surface area contributed by atoms with Gasteiger partial charge in [-0.05, 0) is 11.0 Å². The average molecular weight is 178 g/mol. The maximum Gasteiger partial charge on any atom is 0.268 e. The number of hydrogen-bond acceptors (Lipinski definition) is 1. The highest BCUT2D eigenvalue weighted by molar-refractivity contribution is 5.97. The molecule has 2 N–H and O–H groups in total. The molecular weight excluding hydrogens is 164 g/mol. The molecule has 0 aromatic carbocycles. The number of amides is 1. The van der Waals surface area contributed by atoms with Crippen LogP contribution >= 0.6 is 0 Å². The highest BCUT2D eigenvalue weighted by atomic mass is 16.2. The average Bonchev–Trinajstić information content (AvgIpc) is 2.51. The van der Waals surface area contributed by atoms with E-state index in [4.69, 9.17) is 0 Å². The van der Waals surface area contributed by atoms with E-state index in [1.165, 1.54) is 5.56 Å². The van der Waals surface area contributed by atoms with Gasteiger partial charge in [-0.25, -0.2) is 0 Å². The van der Waals surface area contributed by atoms with Crippen molar-refractivity contribution < 1.29 is 4.79 Å². The maximum absolute atomic E-state index is 11.3. The van der Waals surface area contributed by atoms with E-state index in [9.17, 15) is 4.79 Å². The quantitative estimate of drug-likeness (QED) is 0.622. The minimum atomic E-state index is 0.0190. The zero-order chi connectivity index (χ0) is 9.64. The van der Waals surface area contributed by atoms with Gasteiger partial charge in [-0.1, -0.05) is 20.8 Å². The highest BCUT2D eigenvalue weighted by Gasteiger charge is 2.28. The molecule has 0 saturated heterocycles. The fourth-order valence-corrected chi connectivity index (χ4v) is 1.77. The van der Waals surface area contributed by atoms with Crippen molar-refractivity contribution in [2.24, 2.45) is 0 Å². The minimum Gasteiger partial charge on any atom is -0.357 e. The molecule has 0 fully saturated rings. The molecule has 0 bridgehead atoms. The summed E-state index contributed by atoms with van der Waals surface area (Å²) >= 11 is 0. The van der Waals surface area contributed by atoms with Gasteiger partial charge in [0, 0.05) is 18.3 Å². The van der Waals surface area contributed by atoms with Crippen molar-refractivity contribution in [1.82, 2.24) is 10.3 Å². The summed E-state index contributed by atoms with van der Waals surface area (Å²) < 4.78 is 0. The second-order valence-electron chi connectivity index (χ2n) is 4.49. The topological polar surface area (TPSA) is 44.9 Å². The van der Waals surface area contributed by atoms with Gasteiger partial charge in [0.25, 0.3) is 5.91 Å². The maximum atomic E-state index is 11.3. The third-order valence-corrected chi connectivity index (χ3v) is 2.45. The molecule has 1 amide bonds. The number of carbonyl (C=O) groups is 1. The monoisotopic (exact) mass is 178 g/mol. The lowest BCUT2D eigenvalue weighted by Gasteiger charge is -2.18. The molecule has 1 aliphatic rings. The van der Waals surface area contributed by atoms with Crippen molar-refractivity contribution in [1.29, 1.82) is 0 Å². The van der Waals surface area contributed by atoms with E-state index in [2.05, 4.69) is 31.1 Å². The van der Waals surface area contributed by atoms with Crippen LogP contribution in [0.1, 0.15) is 42.4 Å². The molecule has 2 heterocycles. The molecule has 1 aliphatic heterocycles. The summed E-state index contributed by atoms with van der Waals surface area (Å²) in [5, 5.41) is 2.81. The molecule has 0 atom stereocenters. The number of aromatic nitrogens is 1. The van der Waals surface area contributed by atoms with Crippen LogP contribution in [0.25, 0.3) is 0 Å². The predicted octanol–water partition coefficient (Wildman–Crippen LogP) is 1.56. The van der Waals surface area contributed by atoms with Crippen LogP contribution < -0.4 is 5.32 Å². The highest BCUT2D eigenvalue weighted by Crippen LogP contribution is 2.29. The molecule has 70 valence electrons. The summed E-state index contributed by atoms with van der Waals surface area (Å²) in [5.74, 6) is 0.0190. The van der Waals surface area contributed by atoms with E-state index in [1.807, 2.05) is 6.20 Å². The van der Waals surface area contributed by atoms with Crippen molar-refractivity contribution in [3.8, 4) is 0 Å². The summed E-state index contributed by atoms with van der Waals surface area (Å²) in [5.41, 5.74) is 3.22. The van der Waals surface area contributed by atoms with Crippen molar-refractivity contribution >= 4 is 5.91 Å². The number of carbonyl (C=O) groups excluding carboxylic acids is 1. The van der Waals surface area contributed by atoms with Crippen LogP contribution in [0.3, 0.4) is 0 Å². The fraction of sp³-hybridized carbons (Fsp3) is 0.500. The van der Waals surface area contributed by atoms with Gasteiger partial charge >= 0.3 is 0 Å². The summed E-state index contributed by atoms with van der Waals surface area (Å²) in [6.07, 6.45) is 1.95. The van der Waals surface area contributed by atoms with E-state index in [0.29, 0.717) is 6.54 Å². The first-order chi connectivity index (χ1) is 6.00. The molecular formula is C10H14N2O. The normalized spacial score (nSPS) is 15.8. The molecule has 3 heteroatoms. The zero-order valence-electron chi connectivity index (χ0n) is 8.19. The zero-order valence-corrected chi connectivity index (χ0v) is 8.19. The summed E-state index contributed by atoms with van der Waals surface area (Å²) in [6.45, 7) is 7.13. The molecule has 0 aliphatic carbocycles. The lowest BCUT2D eigenvalue weighted by atomic mass is 9.86. The van der Waals surface area contributed by atoms with Gasteiger partial charge in [0.05, 0.1) is 0 Å². The largest absolute Gasteiger partial charge is 0.357 e. The fourth-order valence-electron chi connectivity index (χ4n) is 1.77. The second kappa shape index (κ2) is 2.37. The smallest absolute Gasteiger partial charge is 0.268 e. The lowest BCUT2D eigenvalue weighted by Crippen LogP contribution is -2.15. The molecule has 13 heavy (non-hydrogen) atoms. The summed E-state index contributed by atoms with van der Waals surface area (Å²) in [6, 6.07) is 0. The van der Waals surface area contributed by atoms with E-state index in [-0.39, 0.29) is 11.3 Å². The first-order valence-electron chi connectivity index (χ1n) is 4.49. The Morgan fingerprint density at radius 2 is 2.08 bits per heavy atom. The number of hydrogen-bond donors (Lipinski definition) is 2. The molecule has 2 rings (SSSR count). The van der Waals surface area contributed by atoms with Crippen LogP contribution in [0.5, 0.6) is 0 Å². The number of aromatic amines is 1. The standard InChI is InChI=1S/C10H14N2O/c1-10(2,3)7-5-11-8-6(7)4-12-9(8)13/h5,11H,4H2,1-3H3,(H,12,13). The van der Waals surface area contributed by atoms with Crippen LogP contribution in [0, 0.1) is 0 Å². The minimum absolute atomic E-state index is 0.0190. The second-order valence-corrected chi connectivity index (χ2v) is 4.49. The van der Waals surface area contributed by atoms with E-state index < -0.39 is 0 Å². The Hall–Kier alpha value is -1.25. The number of fused-ring (bicyclic) bond motifs is 1. The van der Waals surface area contributed by atoms with E-state index in [0.717, 1.165) is 11.3 Å². The Labute approximate surface area is 77.5 Å². The number of nitrogens with one attached hydrogen (secondary N) is 2. The number of rotatable bonds is 0. The van der Waals surface area contributed by atoms with Crippen LogP contribution in [0.15, 0.2) is 6.20 Å². The van der Waals surface area contributed by atoms with Gasteiger partial charge in [-0.2, -0.15) is 0 Å². The Kier molecular flexibility index (Phi) is 1.53. The van der Waals surface area contributed by atoms with Gasteiger partial charge in [-0.15, -0.1) is 0 Å². The van der Waals surface area contributed by atoms with Crippen LogP contribution in [0.2, 0.25) is 0 Å². The van der Waals surface area contributed by atoms with Crippen molar-refractivity contribution in [3.63, 3.8) is 0 Å². The molecule has 3 nitrogen and oxygen atoms in total. The molecule has 0 unspecified atom stereocenters. The van der Waals surface area contributed by atoms with E-state index >= 15 is 0 Å². The van der Waals surface area contributed by atoms with Gasteiger partial charge in [0.2, 0.25) is 0 Å². The van der Waals surface area contributed by atoms with Crippen molar-refractivity contribution in [3.05, 3.63) is 23.0 Å². The van der Waals surface area contributed by atoms with Crippen LogP contribution in [-0.4, -0.2) is 10.9 Å². The van der Waals surface area contributed by atoms with E-state index in [1.54, 1.807) is 0 Å². The molecule has 0 radical (unpaired) electrons. The third kappa shape index (κ3) is 1.15. The lowest BCUT2D eigenvalue weighted by molar-refractivity contribution is 0.0961. The third-order valence-electron chi connectivity index (χ3n) is 2.45. The Morgan fingerprint density at radius 3 is 2.69 bits per heavy atom. The molecule has 1 aromatic rings. The SMILES string of the molecule is CC(C)(C)c1c[nH]c2c1CNC2=O. The first-order valence-corrected chi connectivity index (χ1v) is 4.49. The van der Waals surface area contributed by atoms with Crippen LogP contribution in [-0.2, 0) is 12.0 Å². The van der Waals surface area contributed by atoms with Crippen molar-refractivity contribution in [2.45, 2.75) is 32.7 Å². The van der Waals surface area contributed by atoms with Gasteiger partial charge < -0.3 is 10.3 Å². The summed E-state index contributed by atoms with van der Waals surface area (Å²) in [4.78, 5) is 14.3. The van der Waals surface area contributed by atoms with Gasteiger partial charge in [0.15, 0.2) is 0 Å². The first kappa shape index (κ1) is 8.35. The summed E-state index contributed by atoms with van der Waals surface area (Å²) in [7, 11) is 0. The predicted molar refractivity (Wildman–Crippen MR) is 50.7 cm³/mol. The van der Waals surface area contributed by atoms with Gasteiger partial charge in [0.1, 0.15) is 5.69 Å². The molecule has 1 aromatic heterocycles. The Morgan fingerprint density at radius 1 is 1.38 bits per heavy atom. The van der Waals surface area contributed by atoms with Gasteiger partial charge in [-0.3, -0.25) is 4.79 Å². The molecule has 0 saturated carbocycles. The molecule has 0 spiro atoms. The number of H-pyrrole nitrogens is 1. The Bertz CT molecular complexity index is 357. The van der Waals surface area contributed by atoms with Crippen LogP contribution in [0.4, 0.5) is 0 Å².